The quantitative estimate of drug-likeness (QED) is 0.313. The molecular formula is C25H29N3O2S. The third-order valence-electron chi connectivity index (χ3n) is 6.28. The first-order valence-corrected chi connectivity index (χ1v) is 11.9. The van der Waals surface area contributed by atoms with E-state index < -0.39 is 0 Å². The average molecular weight is 436 g/mol. The molecular weight excluding hydrogens is 406 g/mol. The van der Waals surface area contributed by atoms with Gasteiger partial charge in [-0.15, -0.1) is 11.3 Å². The van der Waals surface area contributed by atoms with Crippen LogP contribution in [-0.4, -0.2) is 9.49 Å². The molecule has 0 bridgehead atoms. The lowest BCUT2D eigenvalue weighted by Gasteiger charge is -2.31. The SMILES string of the molecule is CC(C)c1ccc(N=c2scc(-c3cccc([N+](=O)[O-])c3)n2C2CCCCC2C)cc1. The fourth-order valence-electron chi connectivity index (χ4n) is 4.44. The lowest BCUT2D eigenvalue weighted by molar-refractivity contribution is -0.384. The van der Waals surface area contributed by atoms with Gasteiger partial charge in [0.05, 0.1) is 16.3 Å². The second-order valence-corrected chi connectivity index (χ2v) is 9.60. The maximum absolute atomic E-state index is 11.3. The number of rotatable bonds is 5. The number of thiazole rings is 1. The minimum atomic E-state index is -0.328. The van der Waals surface area contributed by atoms with Crippen molar-refractivity contribution in [3.05, 3.63) is 74.4 Å². The van der Waals surface area contributed by atoms with Crippen LogP contribution in [0.2, 0.25) is 0 Å². The number of hydrogen-bond acceptors (Lipinski definition) is 4. The molecule has 1 aliphatic carbocycles. The fraction of sp³-hybridized carbons (Fsp3) is 0.400. The Hall–Kier alpha value is -2.73. The number of aromatic nitrogens is 1. The van der Waals surface area contributed by atoms with E-state index in [9.17, 15) is 10.1 Å². The maximum atomic E-state index is 11.3. The predicted octanol–water partition coefficient (Wildman–Crippen LogP) is 7.23. The van der Waals surface area contributed by atoms with Crippen molar-refractivity contribution in [2.75, 3.05) is 0 Å². The van der Waals surface area contributed by atoms with Crippen LogP contribution >= 0.6 is 11.3 Å². The van der Waals surface area contributed by atoms with Crippen LogP contribution in [0.5, 0.6) is 0 Å². The molecule has 0 radical (unpaired) electrons. The molecule has 0 saturated heterocycles. The minimum Gasteiger partial charge on any atom is -0.313 e. The molecule has 1 fully saturated rings. The highest BCUT2D eigenvalue weighted by atomic mass is 32.1. The van der Waals surface area contributed by atoms with Crippen LogP contribution in [0.15, 0.2) is 58.9 Å². The maximum Gasteiger partial charge on any atom is 0.270 e. The zero-order valence-corrected chi connectivity index (χ0v) is 19.1. The Morgan fingerprint density at radius 2 is 1.87 bits per heavy atom. The molecule has 0 amide bonds. The first-order chi connectivity index (χ1) is 14.9. The minimum absolute atomic E-state index is 0.120. The Morgan fingerprint density at radius 3 is 2.55 bits per heavy atom. The van der Waals surface area contributed by atoms with Gasteiger partial charge in [-0.25, -0.2) is 4.99 Å². The summed E-state index contributed by atoms with van der Waals surface area (Å²) in [6, 6.07) is 15.7. The van der Waals surface area contributed by atoms with Crippen molar-refractivity contribution in [2.45, 2.75) is 58.4 Å². The highest BCUT2D eigenvalue weighted by Crippen LogP contribution is 2.37. The van der Waals surface area contributed by atoms with E-state index in [2.05, 4.69) is 55.0 Å². The standard InChI is InChI=1S/C25H29N3O2S/c1-17(2)19-11-13-21(14-12-19)26-25-27(23-10-5-4-7-18(23)3)24(16-31-25)20-8-6-9-22(15-20)28(29)30/h6,8-9,11-18,23H,4-5,7,10H2,1-3H3. The first-order valence-electron chi connectivity index (χ1n) is 11.0. The smallest absolute Gasteiger partial charge is 0.270 e. The van der Waals surface area contributed by atoms with Gasteiger partial charge in [0.2, 0.25) is 0 Å². The number of non-ortho nitro benzene ring substituents is 1. The molecule has 1 aromatic heterocycles. The van der Waals surface area contributed by atoms with Gasteiger partial charge in [-0.05, 0) is 42.4 Å². The summed E-state index contributed by atoms with van der Waals surface area (Å²) >= 11 is 1.61. The molecule has 0 N–H and O–H groups in total. The molecule has 3 aromatic rings. The molecule has 4 rings (SSSR count). The van der Waals surface area contributed by atoms with Crippen molar-refractivity contribution in [1.29, 1.82) is 0 Å². The molecule has 6 heteroatoms. The van der Waals surface area contributed by atoms with Crippen molar-refractivity contribution in [3.63, 3.8) is 0 Å². The van der Waals surface area contributed by atoms with Crippen LogP contribution in [0.4, 0.5) is 11.4 Å². The third kappa shape index (κ3) is 4.64. The Bertz CT molecular complexity index is 1130. The molecule has 162 valence electrons. The van der Waals surface area contributed by atoms with Gasteiger partial charge in [-0.1, -0.05) is 57.9 Å². The second kappa shape index (κ2) is 9.18. The van der Waals surface area contributed by atoms with Crippen molar-refractivity contribution in [3.8, 4) is 11.3 Å². The summed E-state index contributed by atoms with van der Waals surface area (Å²) in [4.78, 5) is 17.0. The molecule has 0 spiro atoms. The number of nitrogens with zero attached hydrogens (tertiary/aromatic N) is 3. The largest absolute Gasteiger partial charge is 0.313 e. The zero-order chi connectivity index (χ0) is 22.0. The Labute approximate surface area is 187 Å². The van der Waals surface area contributed by atoms with E-state index in [4.69, 9.17) is 4.99 Å². The van der Waals surface area contributed by atoms with Crippen molar-refractivity contribution >= 4 is 22.7 Å². The Kier molecular flexibility index (Phi) is 6.37. The molecule has 0 aliphatic heterocycles. The lowest BCUT2D eigenvalue weighted by atomic mass is 9.85. The summed E-state index contributed by atoms with van der Waals surface area (Å²) in [5.74, 6) is 1.03. The predicted molar refractivity (Wildman–Crippen MR) is 127 cm³/mol. The Balaban J connectivity index is 1.84. The van der Waals surface area contributed by atoms with Crippen LogP contribution in [0.1, 0.15) is 64.0 Å². The monoisotopic (exact) mass is 435 g/mol. The summed E-state index contributed by atoms with van der Waals surface area (Å²) in [5.41, 5.74) is 4.25. The fourth-order valence-corrected chi connectivity index (χ4v) is 5.41. The van der Waals surface area contributed by atoms with Gasteiger partial charge in [-0.3, -0.25) is 10.1 Å². The molecule has 5 nitrogen and oxygen atoms in total. The first kappa shape index (κ1) is 21.5. The van der Waals surface area contributed by atoms with E-state index in [0.717, 1.165) is 28.2 Å². The van der Waals surface area contributed by atoms with Gasteiger partial charge in [0.15, 0.2) is 4.80 Å². The highest BCUT2D eigenvalue weighted by Gasteiger charge is 2.26. The van der Waals surface area contributed by atoms with Gasteiger partial charge < -0.3 is 4.57 Å². The molecule has 1 heterocycles. The van der Waals surface area contributed by atoms with Crippen molar-refractivity contribution in [2.24, 2.45) is 10.9 Å². The van der Waals surface area contributed by atoms with Crippen molar-refractivity contribution in [1.82, 2.24) is 4.57 Å². The van der Waals surface area contributed by atoms with E-state index in [-0.39, 0.29) is 10.6 Å². The Morgan fingerprint density at radius 1 is 1.13 bits per heavy atom. The summed E-state index contributed by atoms with van der Waals surface area (Å²) in [6.07, 6.45) is 4.77. The normalized spacial score (nSPS) is 19.7. The van der Waals surface area contributed by atoms with Crippen LogP contribution in [0, 0.1) is 16.0 Å². The van der Waals surface area contributed by atoms with Crippen LogP contribution in [-0.2, 0) is 0 Å². The molecule has 2 aromatic carbocycles. The molecule has 1 aliphatic rings. The number of hydrogen-bond donors (Lipinski definition) is 0. The topological polar surface area (TPSA) is 60.4 Å². The van der Waals surface area contributed by atoms with E-state index in [1.807, 2.05) is 6.07 Å². The van der Waals surface area contributed by atoms with Crippen LogP contribution in [0.25, 0.3) is 11.3 Å². The third-order valence-corrected chi connectivity index (χ3v) is 7.12. The van der Waals surface area contributed by atoms with Gasteiger partial charge in [0, 0.05) is 29.1 Å². The average Bonchev–Trinajstić information content (AvgIpc) is 3.17. The molecule has 2 atom stereocenters. The molecule has 2 unspecified atom stereocenters. The highest BCUT2D eigenvalue weighted by molar-refractivity contribution is 7.07. The zero-order valence-electron chi connectivity index (χ0n) is 18.3. The van der Waals surface area contributed by atoms with E-state index in [1.165, 1.54) is 24.8 Å². The second-order valence-electron chi connectivity index (χ2n) is 8.77. The number of benzene rings is 2. The van der Waals surface area contributed by atoms with E-state index in [0.29, 0.717) is 17.9 Å². The number of nitro groups is 1. The van der Waals surface area contributed by atoms with Crippen LogP contribution < -0.4 is 4.80 Å². The number of nitro benzene ring substituents is 1. The van der Waals surface area contributed by atoms with Gasteiger partial charge in [0.25, 0.3) is 5.69 Å². The lowest BCUT2D eigenvalue weighted by Crippen LogP contribution is -2.28. The van der Waals surface area contributed by atoms with E-state index >= 15 is 0 Å². The summed E-state index contributed by atoms with van der Waals surface area (Å²) in [6.45, 7) is 6.69. The van der Waals surface area contributed by atoms with Gasteiger partial charge in [0.1, 0.15) is 0 Å². The molecule has 1 saturated carbocycles. The van der Waals surface area contributed by atoms with Crippen molar-refractivity contribution < 1.29 is 4.92 Å². The molecule has 31 heavy (non-hydrogen) atoms. The van der Waals surface area contributed by atoms with Crippen LogP contribution in [0.3, 0.4) is 0 Å². The summed E-state index contributed by atoms with van der Waals surface area (Å²) < 4.78 is 2.34. The van der Waals surface area contributed by atoms with Gasteiger partial charge in [-0.2, -0.15) is 0 Å². The summed E-state index contributed by atoms with van der Waals surface area (Å²) in [7, 11) is 0. The van der Waals surface area contributed by atoms with E-state index in [1.54, 1.807) is 29.5 Å². The summed E-state index contributed by atoms with van der Waals surface area (Å²) in [5, 5.41) is 13.4. The van der Waals surface area contributed by atoms with Gasteiger partial charge >= 0.3 is 0 Å².